The number of aryl methyl sites for hydroxylation is 1. The molecule has 222 valence electrons. The van der Waals surface area contributed by atoms with Crippen molar-refractivity contribution in [2.24, 2.45) is 11.8 Å². The summed E-state index contributed by atoms with van der Waals surface area (Å²) in [5.41, 5.74) is 5.46. The first-order chi connectivity index (χ1) is 20.4. The van der Waals surface area contributed by atoms with Crippen LogP contribution in [-0.2, 0) is 16.0 Å². The van der Waals surface area contributed by atoms with Crippen molar-refractivity contribution in [3.05, 3.63) is 83.0 Å². The molecule has 2 amide bonds. The van der Waals surface area contributed by atoms with Crippen LogP contribution in [0, 0.1) is 18.8 Å². The molecule has 0 spiro atoms. The third-order valence-corrected chi connectivity index (χ3v) is 9.43. The van der Waals surface area contributed by atoms with Crippen molar-refractivity contribution in [3.8, 4) is 11.3 Å². The summed E-state index contributed by atoms with van der Waals surface area (Å²) in [7, 11) is 0. The molecule has 2 saturated heterocycles. The second kappa shape index (κ2) is 14.3. The maximum Gasteiger partial charge on any atom is 0.230 e. The predicted octanol–water partition coefficient (Wildman–Crippen LogP) is 6.65. The Morgan fingerprint density at radius 2 is 1.69 bits per heavy atom. The highest BCUT2D eigenvalue weighted by atomic mass is 35.5. The summed E-state index contributed by atoms with van der Waals surface area (Å²) in [5, 5.41) is 0.685. The molecule has 5 rings (SSSR count). The summed E-state index contributed by atoms with van der Waals surface area (Å²) in [5.74, 6) is 0.890. The number of rotatable bonds is 9. The van der Waals surface area contributed by atoms with Crippen molar-refractivity contribution in [2.45, 2.75) is 52.4 Å². The van der Waals surface area contributed by atoms with Crippen molar-refractivity contribution < 1.29 is 9.59 Å². The van der Waals surface area contributed by atoms with Crippen LogP contribution in [-0.4, -0.2) is 65.9 Å². The van der Waals surface area contributed by atoms with Crippen LogP contribution in [0.2, 0.25) is 5.02 Å². The van der Waals surface area contributed by atoms with Gasteiger partial charge in [-0.15, -0.1) is 0 Å². The van der Waals surface area contributed by atoms with Gasteiger partial charge in [0.05, 0.1) is 5.69 Å². The van der Waals surface area contributed by atoms with Gasteiger partial charge in [0.1, 0.15) is 0 Å². The fourth-order valence-electron chi connectivity index (χ4n) is 6.32. The topological polar surface area (TPSA) is 56.8 Å². The van der Waals surface area contributed by atoms with Crippen LogP contribution >= 0.6 is 11.6 Å². The first-order valence-electron chi connectivity index (χ1n) is 15.4. The van der Waals surface area contributed by atoms with Gasteiger partial charge >= 0.3 is 0 Å². The van der Waals surface area contributed by atoms with E-state index in [4.69, 9.17) is 11.6 Å². The Hall–Kier alpha value is -3.22. The zero-order valence-corrected chi connectivity index (χ0v) is 25.7. The fourth-order valence-corrected chi connectivity index (χ4v) is 6.50. The number of halogens is 1. The minimum atomic E-state index is -0.0607. The van der Waals surface area contributed by atoms with Gasteiger partial charge in [0.25, 0.3) is 0 Å². The van der Waals surface area contributed by atoms with Crippen molar-refractivity contribution in [2.75, 3.05) is 44.2 Å². The molecule has 0 N–H and O–H groups in total. The molecule has 3 heterocycles. The first-order valence-corrected chi connectivity index (χ1v) is 15.8. The maximum atomic E-state index is 13.7. The summed E-state index contributed by atoms with van der Waals surface area (Å²) >= 11 is 6.47. The van der Waals surface area contributed by atoms with Gasteiger partial charge in [0.2, 0.25) is 11.8 Å². The number of carbonyl (C=O) groups excluding carboxylic acids is 2. The normalized spacial score (nSPS) is 16.9. The number of pyridine rings is 1. The Bertz CT molecular complexity index is 1330. The number of hydrogen-bond donors (Lipinski definition) is 0. The molecule has 42 heavy (non-hydrogen) atoms. The van der Waals surface area contributed by atoms with Crippen LogP contribution in [0.5, 0.6) is 0 Å². The second-order valence-electron chi connectivity index (χ2n) is 12.0. The molecule has 2 aliphatic rings. The van der Waals surface area contributed by atoms with Crippen LogP contribution in [0.3, 0.4) is 0 Å². The molecule has 0 saturated carbocycles. The summed E-state index contributed by atoms with van der Waals surface area (Å²) < 4.78 is 0. The molecule has 3 aromatic rings. The molecule has 1 aromatic heterocycles. The minimum Gasteiger partial charge on any atom is -0.343 e. The average Bonchev–Trinajstić information content (AvgIpc) is 3.02. The van der Waals surface area contributed by atoms with E-state index in [0.717, 1.165) is 55.0 Å². The molecule has 2 fully saturated rings. The maximum absolute atomic E-state index is 13.7. The lowest BCUT2D eigenvalue weighted by molar-refractivity contribution is -0.133. The lowest BCUT2D eigenvalue weighted by Crippen LogP contribution is -2.45. The molecule has 0 unspecified atom stereocenters. The highest BCUT2D eigenvalue weighted by molar-refractivity contribution is 6.31. The lowest BCUT2D eigenvalue weighted by Gasteiger charge is -2.35. The molecule has 6 nitrogen and oxygen atoms in total. The summed E-state index contributed by atoms with van der Waals surface area (Å²) in [6.07, 6.45) is 7.71. The molecular formula is C35H43ClN4O2. The van der Waals surface area contributed by atoms with Crippen LogP contribution in [0.1, 0.15) is 50.2 Å². The third-order valence-electron chi connectivity index (χ3n) is 9.02. The van der Waals surface area contributed by atoms with Gasteiger partial charge in [0, 0.05) is 54.9 Å². The number of hydrogen-bond acceptors (Lipinski definition) is 4. The SMILES string of the molecule is CC(=O)N1CCC(C(=O)N(CCCN2CCC(Cc3ccc(-c4ccccn4)cc3)CC2)c2ccc(C)c(Cl)c2)CC1. The van der Waals surface area contributed by atoms with E-state index < -0.39 is 0 Å². The standard InChI is InChI=1S/C35H43ClN4O2/c1-26-7-12-32(25-33(26)36)40(35(42)31-15-22-39(23-16-31)27(2)41)19-5-18-38-20-13-29(14-21-38)24-28-8-10-30(11-9-28)34-6-3-4-17-37-34/h3-4,6-12,17,25,29,31H,5,13-16,18-24H2,1-2H3. The molecule has 2 aliphatic heterocycles. The van der Waals surface area contributed by atoms with E-state index in [-0.39, 0.29) is 17.7 Å². The van der Waals surface area contributed by atoms with Gasteiger partial charge < -0.3 is 14.7 Å². The average molecular weight is 587 g/mol. The van der Waals surface area contributed by atoms with Crippen molar-refractivity contribution >= 4 is 29.1 Å². The molecule has 7 heteroatoms. The molecule has 2 aromatic carbocycles. The summed E-state index contributed by atoms with van der Waals surface area (Å²) in [6.45, 7) is 8.75. The number of amides is 2. The Labute approximate surface area is 255 Å². The smallest absolute Gasteiger partial charge is 0.230 e. The Kier molecular flexibility index (Phi) is 10.3. The van der Waals surface area contributed by atoms with Crippen molar-refractivity contribution in [1.82, 2.24) is 14.8 Å². The largest absolute Gasteiger partial charge is 0.343 e. The van der Waals surface area contributed by atoms with E-state index >= 15 is 0 Å². The quantitative estimate of drug-likeness (QED) is 0.282. The number of piperidine rings is 2. The molecule has 0 aliphatic carbocycles. The van der Waals surface area contributed by atoms with Crippen LogP contribution in [0.15, 0.2) is 66.9 Å². The van der Waals surface area contributed by atoms with E-state index in [2.05, 4.69) is 40.2 Å². The van der Waals surface area contributed by atoms with Gasteiger partial charge in [-0.3, -0.25) is 14.6 Å². The molecular weight excluding hydrogens is 544 g/mol. The number of benzene rings is 2. The number of anilines is 1. The van der Waals surface area contributed by atoms with Gasteiger partial charge in [-0.05, 0) is 106 Å². The Morgan fingerprint density at radius 1 is 0.952 bits per heavy atom. The van der Waals surface area contributed by atoms with Gasteiger partial charge in [-0.1, -0.05) is 48.0 Å². The van der Waals surface area contributed by atoms with Crippen LogP contribution in [0.4, 0.5) is 5.69 Å². The number of likely N-dealkylation sites (tertiary alicyclic amines) is 2. The Morgan fingerprint density at radius 3 is 2.33 bits per heavy atom. The number of aromatic nitrogens is 1. The zero-order valence-electron chi connectivity index (χ0n) is 25.0. The third kappa shape index (κ3) is 7.78. The highest BCUT2D eigenvalue weighted by Gasteiger charge is 2.30. The van der Waals surface area contributed by atoms with Crippen LogP contribution in [0.25, 0.3) is 11.3 Å². The Balaban J connectivity index is 1.11. The zero-order chi connectivity index (χ0) is 29.5. The van der Waals surface area contributed by atoms with Crippen LogP contribution < -0.4 is 4.90 Å². The van der Waals surface area contributed by atoms with E-state index in [9.17, 15) is 9.59 Å². The fraction of sp³-hybridized carbons (Fsp3) is 0.457. The molecule has 0 atom stereocenters. The van der Waals surface area contributed by atoms with Crippen molar-refractivity contribution in [1.29, 1.82) is 0 Å². The van der Waals surface area contributed by atoms with Gasteiger partial charge in [-0.2, -0.15) is 0 Å². The summed E-state index contributed by atoms with van der Waals surface area (Å²) in [6, 6.07) is 20.8. The molecule has 0 bridgehead atoms. The predicted molar refractivity (Wildman–Crippen MR) is 171 cm³/mol. The summed E-state index contributed by atoms with van der Waals surface area (Å²) in [4.78, 5) is 36.3. The van der Waals surface area contributed by atoms with E-state index in [0.29, 0.717) is 43.4 Å². The monoisotopic (exact) mass is 586 g/mol. The highest BCUT2D eigenvalue weighted by Crippen LogP contribution is 2.28. The lowest BCUT2D eigenvalue weighted by atomic mass is 9.89. The van der Waals surface area contributed by atoms with Crippen molar-refractivity contribution in [3.63, 3.8) is 0 Å². The minimum absolute atomic E-state index is 0.0607. The van der Waals surface area contributed by atoms with E-state index in [1.54, 1.807) is 6.92 Å². The van der Waals surface area contributed by atoms with E-state index in [1.807, 2.05) is 53.3 Å². The number of nitrogens with zero attached hydrogens (tertiary/aromatic N) is 4. The van der Waals surface area contributed by atoms with E-state index in [1.165, 1.54) is 18.4 Å². The van der Waals surface area contributed by atoms with Gasteiger partial charge in [-0.25, -0.2) is 0 Å². The first kappa shape index (κ1) is 30.2. The van der Waals surface area contributed by atoms with Gasteiger partial charge in [0.15, 0.2) is 0 Å². The number of carbonyl (C=O) groups is 2. The second-order valence-corrected chi connectivity index (χ2v) is 12.4. The molecule has 0 radical (unpaired) electrons.